The minimum Gasteiger partial charge on any atom is -0.480 e. The molecule has 0 radical (unpaired) electrons. The van der Waals surface area contributed by atoms with Crippen LogP contribution in [0.15, 0.2) is 30.9 Å². The van der Waals surface area contributed by atoms with Crippen molar-refractivity contribution in [3.63, 3.8) is 0 Å². The standard InChI is InChI=1S/C13H13F2NO3/c1-2-3-4-11(13(18)19)16-12(17)8-5-9(14)7-10(15)6-8/h2,5-7,11H,1,3-4H2,(H,16,17)(H,18,19)/t11-/m0/s1. The topological polar surface area (TPSA) is 66.4 Å². The molecule has 1 aromatic carbocycles. The Morgan fingerprint density at radius 1 is 1.32 bits per heavy atom. The van der Waals surface area contributed by atoms with Gasteiger partial charge in [-0.3, -0.25) is 4.79 Å². The van der Waals surface area contributed by atoms with Gasteiger partial charge in [0.15, 0.2) is 0 Å². The van der Waals surface area contributed by atoms with E-state index in [4.69, 9.17) is 5.11 Å². The number of carboxylic acids is 1. The van der Waals surface area contributed by atoms with Gasteiger partial charge in [-0.15, -0.1) is 6.58 Å². The van der Waals surface area contributed by atoms with Crippen LogP contribution in [0.2, 0.25) is 0 Å². The number of hydrogen-bond acceptors (Lipinski definition) is 2. The Kier molecular flexibility index (Phi) is 5.17. The van der Waals surface area contributed by atoms with Crippen LogP contribution in [0.5, 0.6) is 0 Å². The summed E-state index contributed by atoms with van der Waals surface area (Å²) >= 11 is 0. The first-order valence-corrected chi connectivity index (χ1v) is 5.54. The van der Waals surface area contributed by atoms with E-state index in [-0.39, 0.29) is 12.0 Å². The smallest absolute Gasteiger partial charge is 0.326 e. The number of nitrogens with one attached hydrogen (secondary N) is 1. The molecule has 0 bridgehead atoms. The normalized spacial score (nSPS) is 11.7. The molecule has 0 saturated heterocycles. The van der Waals surface area contributed by atoms with E-state index in [1.807, 2.05) is 0 Å². The number of carboxylic acid groups (broad SMARTS) is 1. The maximum atomic E-state index is 12.9. The molecule has 0 fully saturated rings. The Labute approximate surface area is 108 Å². The van der Waals surface area contributed by atoms with E-state index >= 15 is 0 Å². The summed E-state index contributed by atoms with van der Waals surface area (Å²) in [7, 11) is 0. The van der Waals surface area contributed by atoms with Crippen LogP contribution in [-0.2, 0) is 4.79 Å². The maximum absolute atomic E-state index is 12.9. The van der Waals surface area contributed by atoms with Gasteiger partial charge in [-0.1, -0.05) is 6.08 Å². The lowest BCUT2D eigenvalue weighted by molar-refractivity contribution is -0.139. The number of carbonyl (C=O) groups is 2. The molecule has 0 aromatic heterocycles. The number of aliphatic carboxylic acids is 1. The van der Waals surface area contributed by atoms with Crippen molar-refractivity contribution < 1.29 is 23.5 Å². The zero-order valence-electron chi connectivity index (χ0n) is 10.0. The Morgan fingerprint density at radius 3 is 2.37 bits per heavy atom. The molecule has 0 aliphatic heterocycles. The number of benzene rings is 1. The highest BCUT2D eigenvalue weighted by molar-refractivity contribution is 5.96. The van der Waals surface area contributed by atoms with Crippen LogP contribution in [0.3, 0.4) is 0 Å². The number of carbonyl (C=O) groups excluding carboxylic acids is 1. The molecule has 6 heteroatoms. The number of hydrogen-bond donors (Lipinski definition) is 2. The lowest BCUT2D eigenvalue weighted by Gasteiger charge is -2.13. The lowest BCUT2D eigenvalue weighted by atomic mass is 10.1. The second kappa shape index (κ2) is 6.63. The molecule has 0 saturated carbocycles. The third kappa shape index (κ3) is 4.50. The van der Waals surface area contributed by atoms with E-state index in [1.165, 1.54) is 6.08 Å². The number of rotatable bonds is 6. The molecular weight excluding hydrogens is 256 g/mol. The van der Waals surface area contributed by atoms with Crippen molar-refractivity contribution in [2.24, 2.45) is 0 Å². The van der Waals surface area contributed by atoms with Crippen molar-refractivity contribution in [1.29, 1.82) is 0 Å². The Balaban J connectivity index is 2.81. The van der Waals surface area contributed by atoms with Gasteiger partial charge < -0.3 is 10.4 Å². The van der Waals surface area contributed by atoms with E-state index in [9.17, 15) is 18.4 Å². The van der Waals surface area contributed by atoms with E-state index in [2.05, 4.69) is 11.9 Å². The second-order valence-electron chi connectivity index (χ2n) is 3.89. The molecule has 1 amide bonds. The average molecular weight is 269 g/mol. The quantitative estimate of drug-likeness (QED) is 0.777. The van der Waals surface area contributed by atoms with Gasteiger partial charge in [0.1, 0.15) is 17.7 Å². The van der Waals surface area contributed by atoms with Gasteiger partial charge in [0.05, 0.1) is 0 Å². The summed E-state index contributed by atoms with van der Waals surface area (Å²) in [6.45, 7) is 3.45. The van der Waals surface area contributed by atoms with Crippen molar-refractivity contribution in [1.82, 2.24) is 5.32 Å². The van der Waals surface area contributed by atoms with Gasteiger partial charge in [0.25, 0.3) is 5.91 Å². The van der Waals surface area contributed by atoms with Crippen LogP contribution >= 0.6 is 0 Å². The first kappa shape index (κ1) is 14.8. The average Bonchev–Trinajstić information content (AvgIpc) is 2.32. The molecule has 102 valence electrons. The summed E-state index contributed by atoms with van der Waals surface area (Å²) in [5.74, 6) is -3.85. The van der Waals surface area contributed by atoms with Crippen LogP contribution in [-0.4, -0.2) is 23.0 Å². The van der Waals surface area contributed by atoms with Gasteiger partial charge in [-0.25, -0.2) is 13.6 Å². The largest absolute Gasteiger partial charge is 0.480 e. The van der Waals surface area contributed by atoms with Crippen molar-refractivity contribution in [2.45, 2.75) is 18.9 Å². The molecule has 0 unspecified atom stereocenters. The van der Waals surface area contributed by atoms with Crippen LogP contribution < -0.4 is 5.32 Å². The van der Waals surface area contributed by atoms with Gasteiger partial charge >= 0.3 is 5.97 Å². The minimum atomic E-state index is -1.22. The summed E-state index contributed by atoms with van der Waals surface area (Å²) in [5, 5.41) is 11.1. The molecule has 1 atom stereocenters. The fourth-order valence-corrected chi connectivity index (χ4v) is 1.47. The number of amides is 1. The highest BCUT2D eigenvalue weighted by Crippen LogP contribution is 2.09. The summed E-state index contributed by atoms with van der Waals surface area (Å²) < 4.78 is 25.9. The molecule has 1 aromatic rings. The first-order chi connectivity index (χ1) is 8.93. The van der Waals surface area contributed by atoms with Gasteiger partial charge in [0, 0.05) is 11.6 Å². The lowest BCUT2D eigenvalue weighted by Crippen LogP contribution is -2.40. The molecule has 1 rings (SSSR count). The number of halogens is 2. The molecule has 19 heavy (non-hydrogen) atoms. The van der Waals surface area contributed by atoms with Crippen molar-refractivity contribution in [3.8, 4) is 0 Å². The fourth-order valence-electron chi connectivity index (χ4n) is 1.47. The molecule has 0 aliphatic carbocycles. The molecule has 2 N–H and O–H groups in total. The Morgan fingerprint density at radius 2 is 1.89 bits per heavy atom. The van der Waals surface area contributed by atoms with E-state index in [0.717, 1.165) is 12.1 Å². The van der Waals surface area contributed by atoms with Gasteiger partial charge in [-0.2, -0.15) is 0 Å². The third-order valence-electron chi connectivity index (χ3n) is 2.39. The van der Waals surface area contributed by atoms with Gasteiger partial charge in [0.2, 0.25) is 0 Å². The van der Waals surface area contributed by atoms with Crippen molar-refractivity contribution >= 4 is 11.9 Å². The Hall–Kier alpha value is -2.24. The van der Waals surface area contributed by atoms with Crippen LogP contribution in [0.25, 0.3) is 0 Å². The van der Waals surface area contributed by atoms with Crippen molar-refractivity contribution in [3.05, 3.63) is 48.1 Å². The predicted octanol–water partition coefficient (Wildman–Crippen LogP) is 2.11. The predicted molar refractivity (Wildman–Crippen MR) is 64.7 cm³/mol. The van der Waals surface area contributed by atoms with E-state index < -0.39 is 29.6 Å². The molecular formula is C13H13F2NO3. The van der Waals surface area contributed by atoms with Crippen molar-refractivity contribution in [2.75, 3.05) is 0 Å². The van der Waals surface area contributed by atoms with Crippen LogP contribution in [0.4, 0.5) is 8.78 Å². The maximum Gasteiger partial charge on any atom is 0.326 e. The summed E-state index contributed by atoms with van der Waals surface area (Å²) in [6.07, 6.45) is 2.07. The second-order valence-corrected chi connectivity index (χ2v) is 3.89. The molecule has 4 nitrogen and oxygen atoms in total. The Bertz CT molecular complexity index is 482. The van der Waals surface area contributed by atoms with Gasteiger partial charge in [-0.05, 0) is 25.0 Å². The zero-order valence-corrected chi connectivity index (χ0v) is 10.0. The summed E-state index contributed by atoms with van der Waals surface area (Å²) in [4.78, 5) is 22.6. The van der Waals surface area contributed by atoms with E-state index in [1.54, 1.807) is 0 Å². The SMILES string of the molecule is C=CCC[C@H](NC(=O)c1cc(F)cc(F)c1)C(=O)O. The van der Waals surface area contributed by atoms with Crippen LogP contribution in [0.1, 0.15) is 23.2 Å². The third-order valence-corrected chi connectivity index (χ3v) is 2.39. The molecule has 0 aliphatic rings. The molecule has 0 heterocycles. The monoisotopic (exact) mass is 269 g/mol. The minimum absolute atomic E-state index is 0.155. The summed E-state index contributed by atoms with van der Waals surface area (Å²) in [5.41, 5.74) is -0.262. The molecule has 0 spiro atoms. The first-order valence-electron chi connectivity index (χ1n) is 5.54. The highest BCUT2D eigenvalue weighted by atomic mass is 19.1. The van der Waals surface area contributed by atoms with E-state index in [0.29, 0.717) is 12.5 Å². The zero-order chi connectivity index (χ0) is 14.4. The fraction of sp³-hybridized carbons (Fsp3) is 0.231. The highest BCUT2D eigenvalue weighted by Gasteiger charge is 2.20. The summed E-state index contributed by atoms with van der Waals surface area (Å²) in [6, 6.07) is 1.18. The van der Waals surface area contributed by atoms with Crippen LogP contribution in [0, 0.1) is 11.6 Å². The number of allylic oxidation sites excluding steroid dienone is 1.